The largest absolute Gasteiger partial charge is 0.417 e. The van der Waals surface area contributed by atoms with E-state index in [0.717, 1.165) is 23.8 Å². The highest BCUT2D eigenvalue weighted by atomic mass is 19.4. The van der Waals surface area contributed by atoms with Crippen LogP contribution < -0.4 is 0 Å². The van der Waals surface area contributed by atoms with Gasteiger partial charge in [-0.1, -0.05) is 36.9 Å². The van der Waals surface area contributed by atoms with Crippen LogP contribution in [0.5, 0.6) is 0 Å². The molecule has 156 valence electrons. The van der Waals surface area contributed by atoms with E-state index in [0.29, 0.717) is 23.3 Å². The molecule has 0 nitrogen and oxygen atoms in total. The minimum absolute atomic E-state index is 0.174. The quantitative estimate of drug-likeness (QED) is 0.444. The lowest BCUT2D eigenvalue weighted by Gasteiger charge is -2.20. The molecule has 2 aromatic rings. The maximum Gasteiger partial charge on any atom is 0.417 e. The van der Waals surface area contributed by atoms with Gasteiger partial charge in [0.15, 0.2) is 0 Å². The summed E-state index contributed by atoms with van der Waals surface area (Å²) in [7, 11) is 0. The molecule has 0 saturated carbocycles. The first kappa shape index (κ1) is 22.7. The van der Waals surface area contributed by atoms with Crippen LogP contribution in [-0.4, -0.2) is 6.18 Å². The van der Waals surface area contributed by atoms with Crippen LogP contribution in [0.25, 0.3) is 11.9 Å². The normalized spacial score (nSPS) is 14.1. The predicted octanol–water partition coefficient (Wildman–Crippen LogP) is 7.93. The standard InChI is InChI=1S/C22H19F7/c1-5-15-6-7-16(10-18(15)21(24,25)26)20(23)11-19(22(27,28)29)17-8-12(2)14(4)13(3)9-17/h5-11,19H,1H2,2-4H3/b20-11-. The molecule has 0 aliphatic rings. The van der Waals surface area contributed by atoms with Gasteiger partial charge in [0.05, 0.1) is 5.56 Å². The van der Waals surface area contributed by atoms with Crippen LogP contribution in [0, 0.1) is 20.8 Å². The van der Waals surface area contributed by atoms with Crippen molar-refractivity contribution < 1.29 is 30.7 Å². The molecule has 2 aromatic carbocycles. The molecule has 0 aliphatic heterocycles. The summed E-state index contributed by atoms with van der Waals surface area (Å²) in [6, 6.07) is 5.08. The second-order valence-corrected chi connectivity index (χ2v) is 6.82. The lowest BCUT2D eigenvalue weighted by molar-refractivity contribution is -0.140. The van der Waals surface area contributed by atoms with Gasteiger partial charge in [-0.25, -0.2) is 4.39 Å². The Kier molecular flexibility index (Phi) is 6.30. The fourth-order valence-corrected chi connectivity index (χ4v) is 3.00. The van der Waals surface area contributed by atoms with Gasteiger partial charge < -0.3 is 0 Å². The van der Waals surface area contributed by atoms with E-state index in [-0.39, 0.29) is 11.1 Å². The smallest absolute Gasteiger partial charge is 0.207 e. The summed E-state index contributed by atoms with van der Waals surface area (Å²) in [5.41, 5.74) is -0.181. The van der Waals surface area contributed by atoms with Crippen molar-refractivity contribution in [1.82, 2.24) is 0 Å². The van der Waals surface area contributed by atoms with E-state index in [4.69, 9.17) is 0 Å². The number of rotatable bonds is 4. The van der Waals surface area contributed by atoms with Gasteiger partial charge in [0.2, 0.25) is 0 Å². The van der Waals surface area contributed by atoms with E-state index in [1.165, 1.54) is 12.1 Å². The lowest BCUT2D eigenvalue weighted by Crippen LogP contribution is -2.19. The van der Waals surface area contributed by atoms with Crippen LogP contribution in [0.15, 0.2) is 43.0 Å². The fourth-order valence-electron chi connectivity index (χ4n) is 3.00. The molecule has 0 spiro atoms. The van der Waals surface area contributed by atoms with Crippen LogP contribution in [0.2, 0.25) is 0 Å². The molecular formula is C22H19F7. The Morgan fingerprint density at radius 1 is 0.931 bits per heavy atom. The monoisotopic (exact) mass is 416 g/mol. The number of hydrogen-bond acceptors (Lipinski definition) is 0. The summed E-state index contributed by atoms with van der Waals surface area (Å²) >= 11 is 0. The Morgan fingerprint density at radius 2 is 1.48 bits per heavy atom. The molecule has 0 saturated heterocycles. The molecule has 2 rings (SSSR count). The third kappa shape index (κ3) is 5.08. The van der Waals surface area contributed by atoms with Crippen LogP contribution in [-0.2, 0) is 6.18 Å². The van der Waals surface area contributed by atoms with Gasteiger partial charge >= 0.3 is 12.4 Å². The highest BCUT2D eigenvalue weighted by molar-refractivity contribution is 5.65. The molecule has 0 fully saturated rings. The molecule has 0 amide bonds. The molecule has 29 heavy (non-hydrogen) atoms. The van der Waals surface area contributed by atoms with Crippen molar-refractivity contribution in [2.24, 2.45) is 0 Å². The number of alkyl halides is 6. The Hall–Kier alpha value is -2.57. The van der Waals surface area contributed by atoms with Gasteiger partial charge in [0.25, 0.3) is 0 Å². The lowest BCUT2D eigenvalue weighted by atomic mass is 9.91. The van der Waals surface area contributed by atoms with Gasteiger partial charge in [-0.05, 0) is 60.7 Å². The molecule has 1 unspecified atom stereocenters. The summed E-state index contributed by atoms with van der Waals surface area (Å²) in [5, 5.41) is 0. The molecule has 0 bridgehead atoms. The second kappa shape index (κ2) is 8.05. The summed E-state index contributed by atoms with van der Waals surface area (Å²) in [6.07, 6.45) is -8.36. The first-order valence-electron chi connectivity index (χ1n) is 8.61. The Bertz CT molecular complexity index is 924. The van der Waals surface area contributed by atoms with Crippen molar-refractivity contribution in [3.8, 4) is 0 Å². The SMILES string of the molecule is C=Cc1ccc(/C(F)=C/C(c2cc(C)c(C)c(C)c2)C(F)(F)F)cc1C(F)(F)F. The van der Waals surface area contributed by atoms with E-state index in [9.17, 15) is 30.7 Å². The van der Waals surface area contributed by atoms with E-state index < -0.39 is 35.2 Å². The Balaban J connectivity index is 2.60. The Morgan fingerprint density at radius 3 is 1.93 bits per heavy atom. The highest BCUT2D eigenvalue weighted by Gasteiger charge is 2.40. The minimum atomic E-state index is -4.82. The van der Waals surface area contributed by atoms with Gasteiger partial charge in [-0.15, -0.1) is 0 Å². The van der Waals surface area contributed by atoms with Crippen molar-refractivity contribution in [2.45, 2.75) is 39.0 Å². The Labute approximate surface area is 164 Å². The third-order valence-corrected chi connectivity index (χ3v) is 4.83. The average Bonchev–Trinajstić information content (AvgIpc) is 2.61. The van der Waals surface area contributed by atoms with Gasteiger partial charge in [-0.2, -0.15) is 26.3 Å². The van der Waals surface area contributed by atoms with Crippen LogP contribution >= 0.6 is 0 Å². The van der Waals surface area contributed by atoms with Crippen molar-refractivity contribution in [3.05, 3.63) is 81.9 Å². The van der Waals surface area contributed by atoms with Crippen LogP contribution in [0.3, 0.4) is 0 Å². The van der Waals surface area contributed by atoms with E-state index in [1.807, 2.05) is 0 Å². The molecule has 0 aliphatic carbocycles. The summed E-state index contributed by atoms with van der Waals surface area (Å²) in [6.45, 7) is 8.31. The topological polar surface area (TPSA) is 0 Å². The summed E-state index contributed by atoms with van der Waals surface area (Å²) in [5.74, 6) is -3.68. The maximum atomic E-state index is 14.7. The zero-order valence-electron chi connectivity index (χ0n) is 16.0. The fraction of sp³-hybridized carbons (Fsp3) is 0.273. The van der Waals surface area contributed by atoms with Crippen molar-refractivity contribution in [1.29, 1.82) is 0 Å². The number of aryl methyl sites for hydroxylation is 2. The van der Waals surface area contributed by atoms with E-state index in [2.05, 4.69) is 6.58 Å². The summed E-state index contributed by atoms with van der Waals surface area (Å²) in [4.78, 5) is 0. The maximum absolute atomic E-state index is 14.7. The molecule has 7 heteroatoms. The van der Waals surface area contributed by atoms with E-state index in [1.54, 1.807) is 20.8 Å². The zero-order chi connectivity index (χ0) is 22.1. The minimum Gasteiger partial charge on any atom is -0.207 e. The third-order valence-electron chi connectivity index (χ3n) is 4.83. The van der Waals surface area contributed by atoms with Gasteiger partial charge in [0, 0.05) is 5.56 Å². The van der Waals surface area contributed by atoms with Crippen LogP contribution in [0.4, 0.5) is 30.7 Å². The van der Waals surface area contributed by atoms with Crippen molar-refractivity contribution in [2.75, 3.05) is 0 Å². The van der Waals surface area contributed by atoms with Crippen molar-refractivity contribution in [3.63, 3.8) is 0 Å². The van der Waals surface area contributed by atoms with E-state index >= 15 is 0 Å². The molecule has 1 atom stereocenters. The second-order valence-electron chi connectivity index (χ2n) is 6.82. The molecule has 0 radical (unpaired) electrons. The summed E-state index contributed by atoms with van der Waals surface area (Å²) < 4.78 is 95.0. The molecule has 0 aromatic heterocycles. The van der Waals surface area contributed by atoms with Crippen LogP contribution in [0.1, 0.15) is 44.9 Å². The van der Waals surface area contributed by atoms with Crippen molar-refractivity contribution >= 4 is 11.9 Å². The molecule has 0 heterocycles. The van der Waals surface area contributed by atoms with Gasteiger partial charge in [0.1, 0.15) is 11.7 Å². The average molecular weight is 416 g/mol. The first-order valence-corrected chi connectivity index (χ1v) is 8.61. The predicted molar refractivity (Wildman–Crippen MR) is 100 cm³/mol. The highest BCUT2D eigenvalue weighted by Crippen LogP contribution is 2.40. The molecule has 0 N–H and O–H groups in total. The zero-order valence-corrected chi connectivity index (χ0v) is 16.0. The first-order chi connectivity index (χ1) is 13.3. The number of benzene rings is 2. The molecular weight excluding hydrogens is 397 g/mol. The number of allylic oxidation sites excluding steroid dienone is 1. The number of hydrogen-bond donors (Lipinski definition) is 0. The van der Waals surface area contributed by atoms with Gasteiger partial charge in [-0.3, -0.25) is 0 Å². The number of halogens is 7.